The van der Waals surface area contributed by atoms with Crippen LogP contribution in [-0.4, -0.2) is 10.9 Å². The van der Waals surface area contributed by atoms with Crippen molar-refractivity contribution in [1.82, 2.24) is 0 Å². The highest BCUT2D eigenvalue weighted by Gasteiger charge is 2.13. The lowest BCUT2D eigenvalue weighted by Crippen LogP contribution is -2.01. The zero-order chi connectivity index (χ0) is 13.2. The molecule has 0 aliphatic heterocycles. The number of nitrogens with zero attached hydrogens (tertiary/aromatic N) is 1. The Hall–Kier alpha value is -2.55. The molecule has 1 N–H and O–H groups in total. The largest absolute Gasteiger partial charge is 0.454 e. The zero-order valence-corrected chi connectivity index (χ0v) is 10.5. The van der Waals surface area contributed by atoms with Gasteiger partial charge in [-0.15, -0.1) is 0 Å². The molecule has 0 saturated heterocycles. The second kappa shape index (κ2) is 4.61. The lowest BCUT2D eigenvalue weighted by Gasteiger charge is -2.01. The number of hydrogen-bond donors (Lipinski definition) is 1. The SMILES string of the molecule is Cc1ccc(/C(=N\O)c2cc3ccccc3o2)cc1. The molecule has 3 rings (SSSR count). The summed E-state index contributed by atoms with van der Waals surface area (Å²) in [5.74, 6) is 0.563. The third-order valence-corrected chi connectivity index (χ3v) is 3.08. The van der Waals surface area contributed by atoms with E-state index in [1.54, 1.807) is 0 Å². The molecule has 2 aromatic carbocycles. The van der Waals surface area contributed by atoms with Crippen molar-refractivity contribution in [3.8, 4) is 0 Å². The quantitative estimate of drug-likeness (QED) is 0.425. The lowest BCUT2D eigenvalue weighted by atomic mass is 10.1. The van der Waals surface area contributed by atoms with Gasteiger partial charge < -0.3 is 9.62 Å². The van der Waals surface area contributed by atoms with Gasteiger partial charge in [0.25, 0.3) is 0 Å². The van der Waals surface area contributed by atoms with Crippen LogP contribution in [0.5, 0.6) is 0 Å². The van der Waals surface area contributed by atoms with Crippen molar-refractivity contribution in [2.45, 2.75) is 6.92 Å². The molecule has 0 unspecified atom stereocenters. The summed E-state index contributed by atoms with van der Waals surface area (Å²) in [7, 11) is 0. The number of aryl methyl sites for hydroxylation is 1. The smallest absolute Gasteiger partial charge is 0.157 e. The number of oxime groups is 1. The summed E-state index contributed by atoms with van der Waals surface area (Å²) in [6, 6.07) is 17.4. The summed E-state index contributed by atoms with van der Waals surface area (Å²) >= 11 is 0. The van der Waals surface area contributed by atoms with Crippen LogP contribution in [0.1, 0.15) is 16.9 Å². The van der Waals surface area contributed by atoms with Crippen LogP contribution in [0.2, 0.25) is 0 Å². The predicted molar refractivity (Wildman–Crippen MR) is 74.8 cm³/mol. The summed E-state index contributed by atoms with van der Waals surface area (Å²) in [4.78, 5) is 0. The number of hydrogen-bond acceptors (Lipinski definition) is 3. The third-order valence-electron chi connectivity index (χ3n) is 3.08. The Balaban J connectivity index is 2.09. The van der Waals surface area contributed by atoms with Crippen LogP contribution < -0.4 is 0 Å². The third kappa shape index (κ3) is 2.10. The molecule has 0 bridgehead atoms. The van der Waals surface area contributed by atoms with E-state index in [0.717, 1.165) is 22.1 Å². The molecule has 3 nitrogen and oxygen atoms in total. The highest BCUT2D eigenvalue weighted by molar-refractivity contribution is 6.12. The Labute approximate surface area is 110 Å². The highest BCUT2D eigenvalue weighted by Crippen LogP contribution is 2.21. The molecule has 3 aromatic rings. The van der Waals surface area contributed by atoms with E-state index < -0.39 is 0 Å². The fraction of sp³-hybridized carbons (Fsp3) is 0.0625. The van der Waals surface area contributed by atoms with Crippen LogP contribution >= 0.6 is 0 Å². The van der Waals surface area contributed by atoms with Crippen LogP contribution in [0.3, 0.4) is 0 Å². The van der Waals surface area contributed by atoms with Crippen LogP contribution in [0.15, 0.2) is 64.2 Å². The minimum absolute atomic E-state index is 0.441. The molecule has 0 saturated carbocycles. The van der Waals surface area contributed by atoms with Crippen LogP contribution in [0, 0.1) is 6.92 Å². The van der Waals surface area contributed by atoms with E-state index in [9.17, 15) is 5.21 Å². The normalized spacial score (nSPS) is 11.9. The van der Waals surface area contributed by atoms with Gasteiger partial charge in [0, 0.05) is 10.9 Å². The maximum absolute atomic E-state index is 9.26. The molecule has 19 heavy (non-hydrogen) atoms. The van der Waals surface area contributed by atoms with Gasteiger partial charge in [0.15, 0.2) is 11.5 Å². The first-order valence-corrected chi connectivity index (χ1v) is 6.06. The zero-order valence-electron chi connectivity index (χ0n) is 10.5. The number of para-hydroxylation sites is 1. The molecule has 0 aliphatic rings. The fourth-order valence-electron chi connectivity index (χ4n) is 2.06. The fourth-order valence-corrected chi connectivity index (χ4v) is 2.06. The molecule has 0 amide bonds. The van der Waals surface area contributed by atoms with Crippen LogP contribution in [0.4, 0.5) is 0 Å². The Morgan fingerprint density at radius 1 is 1.05 bits per heavy atom. The van der Waals surface area contributed by atoms with Gasteiger partial charge in [-0.3, -0.25) is 0 Å². The summed E-state index contributed by atoms with van der Waals surface area (Å²) < 4.78 is 5.71. The van der Waals surface area contributed by atoms with E-state index in [2.05, 4.69) is 5.16 Å². The first-order valence-electron chi connectivity index (χ1n) is 6.06. The number of fused-ring (bicyclic) bond motifs is 1. The van der Waals surface area contributed by atoms with Crippen molar-refractivity contribution in [3.05, 3.63) is 71.5 Å². The lowest BCUT2D eigenvalue weighted by molar-refractivity contribution is 0.318. The van der Waals surface area contributed by atoms with Crippen molar-refractivity contribution < 1.29 is 9.62 Å². The second-order valence-corrected chi connectivity index (χ2v) is 4.46. The van der Waals surface area contributed by atoms with Crippen molar-refractivity contribution in [1.29, 1.82) is 0 Å². The highest BCUT2D eigenvalue weighted by atomic mass is 16.4. The van der Waals surface area contributed by atoms with E-state index in [1.165, 1.54) is 0 Å². The molecule has 0 atom stereocenters. The standard InChI is InChI=1S/C16H13NO2/c1-11-6-8-12(9-7-11)16(17-18)15-10-13-4-2-3-5-14(13)19-15/h2-10,18H,1H3/b17-16+. The van der Waals surface area contributed by atoms with Crippen molar-refractivity contribution in [2.75, 3.05) is 0 Å². The Morgan fingerprint density at radius 2 is 1.79 bits per heavy atom. The average molecular weight is 251 g/mol. The van der Waals surface area contributed by atoms with Gasteiger partial charge in [-0.25, -0.2) is 0 Å². The Kier molecular flexibility index (Phi) is 2.80. The molecule has 1 heterocycles. The minimum Gasteiger partial charge on any atom is -0.454 e. The maximum atomic E-state index is 9.26. The molecule has 94 valence electrons. The molecule has 0 aliphatic carbocycles. The molecule has 0 radical (unpaired) electrons. The maximum Gasteiger partial charge on any atom is 0.157 e. The van der Waals surface area contributed by atoms with E-state index in [0.29, 0.717) is 11.5 Å². The topological polar surface area (TPSA) is 45.7 Å². The Bertz CT molecular complexity index is 706. The van der Waals surface area contributed by atoms with Gasteiger partial charge in [-0.05, 0) is 19.1 Å². The molecular formula is C16H13NO2. The van der Waals surface area contributed by atoms with Crippen molar-refractivity contribution >= 4 is 16.7 Å². The molecule has 3 heteroatoms. The molecule has 0 fully saturated rings. The van der Waals surface area contributed by atoms with Gasteiger partial charge >= 0.3 is 0 Å². The summed E-state index contributed by atoms with van der Waals surface area (Å²) in [5, 5.41) is 13.6. The molecule has 1 aromatic heterocycles. The van der Waals surface area contributed by atoms with Crippen molar-refractivity contribution in [3.63, 3.8) is 0 Å². The first-order chi connectivity index (χ1) is 9.28. The van der Waals surface area contributed by atoms with E-state index in [-0.39, 0.29) is 0 Å². The van der Waals surface area contributed by atoms with Crippen molar-refractivity contribution in [2.24, 2.45) is 5.16 Å². The van der Waals surface area contributed by atoms with Gasteiger partial charge in [-0.1, -0.05) is 53.2 Å². The van der Waals surface area contributed by atoms with Gasteiger partial charge in [0.2, 0.25) is 0 Å². The first kappa shape index (κ1) is 11.5. The number of benzene rings is 2. The molecule has 0 spiro atoms. The van der Waals surface area contributed by atoms with E-state index in [1.807, 2.05) is 61.5 Å². The molecular weight excluding hydrogens is 238 g/mol. The predicted octanol–water partition coefficient (Wildman–Crippen LogP) is 3.97. The number of furan rings is 1. The second-order valence-electron chi connectivity index (χ2n) is 4.46. The number of rotatable bonds is 2. The van der Waals surface area contributed by atoms with Gasteiger partial charge in [0.05, 0.1) is 0 Å². The average Bonchev–Trinajstić information content (AvgIpc) is 2.85. The van der Waals surface area contributed by atoms with Crippen LogP contribution in [0.25, 0.3) is 11.0 Å². The van der Waals surface area contributed by atoms with E-state index >= 15 is 0 Å². The summed E-state index contributed by atoms with van der Waals surface area (Å²) in [6.07, 6.45) is 0. The van der Waals surface area contributed by atoms with Gasteiger partial charge in [-0.2, -0.15) is 0 Å². The summed E-state index contributed by atoms with van der Waals surface area (Å²) in [6.45, 7) is 2.01. The van der Waals surface area contributed by atoms with Crippen LogP contribution in [-0.2, 0) is 0 Å². The summed E-state index contributed by atoms with van der Waals surface area (Å²) in [5.41, 5.74) is 3.21. The minimum atomic E-state index is 0.441. The Morgan fingerprint density at radius 3 is 2.47 bits per heavy atom. The van der Waals surface area contributed by atoms with Gasteiger partial charge in [0.1, 0.15) is 5.58 Å². The monoisotopic (exact) mass is 251 g/mol. The van der Waals surface area contributed by atoms with E-state index in [4.69, 9.17) is 4.42 Å².